The number of halogens is 1. The average molecular weight is 407 g/mol. The minimum absolute atomic E-state index is 0.439. The molecule has 0 spiro atoms. The van der Waals surface area contributed by atoms with Crippen molar-refractivity contribution < 1.29 is 9.15 Å². The van der Waals surface area contributed by atoms with Crippen molar-refractivity contribution in [2.75, 3.05) is 0 Å². The maximum Gasteiger partial charge on any atom is 0.251 e. The van der Waals surface area contributed by atoms with Crippen LogP contribution >= 0.6 is 15.9 Å². The van der Waals surface area contributed by atoms with Crippen LogP contribution in [0, 0.1) is 0 Å². The van der Waals surface area contributed by atoms with Gasteiger partial charge in [-0.15, -0.1) is 10.2 Å². The molecular weight excluding hydrogens is 392 g/mol. The van der Waals surface area contributed by atoms with Crippen molar-refractivity contribution in [3.63, 3.8) is 0 Å². The first-order chi connectivity index (χ1) is 12.8. The van der Waals surface area contributed by atoms with Gasteiger partial charge in [-0.25, -0.2) is 0 Å². The largest absolute Gasteiger partial charge is 0.488 e. The summed E-state index contributed by atoms with van der Waals surface area (Å²) in [5.41, 5.74) is 2.74. The Morgan fingerprint density at radius 3 is 2.42 bits per heavy atom. The third-order valence-electron chi connectivity index (χ3n) is 3.85. The summed E-state index contributed by atoms with van der Waals surface area (Å²) in [5, 5.41) is 8.34. The SMILES string of the molecule is Brc1cccc(COc2ccccc2-c2nnc(-c3ccccc3)o2)c1. The second kappa shape index (κ2) is 7.54. The molecule has 0 saturated heterocycles. The summed E-state index contributed by atoms with van der Waals surface area (Å²) < 4.78 is 12.9. The Hall–Kier alpha value is -2.92. The molecule has 0 fully saturated rings. The average Bonchev–Trinajstić information content (AvgIpc) is 3.17. The highest BCUT2D eigenvalue weighted by Gasteiger charge is 2.14. The molecule has 0 atom stereocenters. The minimum atomic E-state index is 0.439. The zero-order valence-electron chi connectivity index (χ0n) is 13.8. The molecule has 4 rings (SSSR count). The smallest absolute Gasteiger partial charge is 0.251 e. The first kappa shape index (κ1) is 16.5. The van der Waals surface area contributed by atoms with Gasteiger partial charge in [0.25, 0.3) is 5.89 Å². The second-order valence-corrected chi connectivity index (χ2v) is 6.61. The van der Waals surface area contributed by atoms with Crippen molar-refractivity contribution in [2.45, 2.75) is 6.61 Å². The van der Waals surface area contributed by atoms with Crippen molar-refractivity contribution >= 4 is 15.9 Å². The van der Waals surface area contributed by atoms with Crippen molar-refractivity contribution in [1.82, 2.24) is 10.2 Å². The van der Waals surface area contributed by atoms with E-state index in [9.17, 15) is 0 Å². The molecule has 0 radical (unpaired) electrons. The van der Waals surface area contributed by atoms with Crippen LogP contribution in [0.2, 0.25) is 0 Å². The van der Waals surface area contributed by atoms with E-state index in [4.69, 9.17) is 9.15 Å². The highest BCUT2D eigenvalue weighted by molar-refractivity contribution is 9.10. The predicted molar refractivity (Wildman–Crippen MR) is 104 cm³/mol. The molecule has 128 valence electrons. The van der Waals surface area contributed by atoms with E-state index in [1.54, 1.807) is 0 Å². The molecule has 0 aliphatic carbocycles. The lowest BCUT2D eigenvalue weighted by molar-refractivity contribution is 0.306. The van der Waals surface area contributed by atoms with Crippen LogP contribution in [0.3, 0.4) is 0 Å². The molecule has 4 nitrogen and oxygen atoms in total. The molecule has 4 aromatic rings. The van der Waals surface area contributed by atoms with E-state index >= 15 is 0 Å². The Labute approximate surface area is 159 Å². The van der Waals surface area contributed by atoms with E-state index in [0.717, 1.165) is 21.2 Å². The summed E-state index contributed by atoms with van der Waals surface area (Å²) in [6, 6.07) is 25.4. The maximum atomic E-state index is 6.00. The van der Waals surface area contributed by atoms with Crippen LogP contribution in [0.4, 0.5) is 0 Å². The molecule has 3 aromatic carbocycles. The summed E-state index contributed by atoms with van der Waals surface area (Å²) in [5.74, 6) is 1.63. The molecular formula is C21H15BrN2O2. The van der Waals surface area contributed by atoms with Crippen LogP contribution in [0.15, 0.2) is 87.8 Å². The third kappa shape index (κ3) is 3.68. The highest BCUT2D eigenvalue weighted by Crippen LogP contribution is 2.31. The number of para-hydroxylation sites is 1. The normalized spacial score (nSPS) is 10.7. The molecule has 0 aliphatic heterocycles. The standard InChI is InChI=1S/C21H15BrN2O2/c22-17-10-6-7-15(13-17)14-25-19-12-5-4-11-18(19)21-24-23-20(26-21)16-8-2-1-3-9-16/h1-13H,14H2. The molecule has 26 heavy (non-hydrogen) atoms. The summed E-state index contributed by atoms with van der Waals surface area (Å²) in [6.07, 6.45) is 0. The first-order valence-electron chi connectivity index (χ1n) is 8.15. The Morgan fingerprint density at radius 2 is 1.58 bits per heavy atom. The molecule has 0 unspecified atom stereocenters. The third-order valence-corrected chi connectivity index (χ3v) is 4.34. The fourth-order valence-corrected chi connectivity index (χ4v) is 3.03. The minimum Gasteiger partial charge on any atom is -0.488 e. The number of rotatable bonds is 5. The van der Waals surface area contributed by atoms with Crippen LogP contribution in [-0.4, -0.2) is 10.2 Å². The summed E-state index contributed by atoms with van der Waals surface area (Å²) in [4.78, 5) is 0. The van der Waals surface area contributed by atoms with E-state index in [0.29, 0.717) is 24.1 Å². The molecule has 0 N–H and O–H groups in total. The topological polar surface area (TPSA) is 48.2 Å². The molecule has 0 aliphatic rings. The molecule has 0 amide bonds. The van der Waals surface area contributed by atoms with Crippen molar-refractivity contribution in [3.05, 3.63) is 88.9 Å². The Bertz CT molecular complexity index is 1020. The van der Waals surface area contributed by atoms with Crippen LogP contribution < -0.4 is 4.74 Å². The molecule has 5 heteroatoms. The van der Waals surface area contributed by atoms with Crippen molar-refractivity contribution in [3.8, 4) is 28.7 Å². The Kier molecular flexibility index (Phi) is 4.80. The molecule has 1 aromatic heterocycles. The van der Waals surface area contributed by atoms with Crippen molar-refractivity contribution in [1.29, 1.82) is 0 Å². The monoisotopic (exact) mass is 406 g/mol. The second-order valence-electron chi connectivity index (χ2n) is 5.69. The summed E-state index contributed by atoms with van der Waals surface area (Å²) in [7, 11) is 0. The number of ether oxygens (including phenoxy) is 1. The fraction of sp³-hybridized carbons (Fsp3) is 0.0476. The number of hydrogen-bond acceptors (Lipinski definition) is 4. The number of aromatic nitrogens is 2. The van der Waals surface area contributed by atoms with Crippen molar-refractivity contribution in [2.24, 2.45) is 0 Å². The lowest BCUT2D eigenvalue weighted by atomic mass is 10.2. The van der Waals surface area contributed by atoms with Gasteiger partial charge in [0.1, 0.15) is 12.4 Å². The predicted octanol–water partition coefficient (Wildman–Crippen LogP) is 5.75. The highest BCUT2D eigenvalue weighted by atomic mass is 79.9. The van der Waals surface area contributed by atoms with Gasteiger partial charge in [-0.1, -0.05) is 58.4 Å². The van der Waals surface area contributed by atoms with Gasteiger partial charge < -0.3 is 9.15 Å². The van der Waals surface area contributed by atoms with E-state index < -0.39 is 0 Å². The van der Waals surface area contributed by atoms with Crippen LogP contribution in [-0.2, 0) is 6.61 Å². The zero-order valence-corrected chi connectivity index (χ0v) is 15.4. The van der Waals surface area contributed by atoms with Gasteiger partial charge in [-0.2, -0.15) is 0 Å². The number of hydrogen-bond donors (Lipinski definition) is 0. The number of benzene rings is 3. The molecule has 1 heterocycles. The van der Waals surface area contributed by atoms with E-state index in [1.807, 2.05) is 78.9 Å². The van der Waals surface area contributed by atoms with Crippen LogP contribution in [0.5, 0.6) is 5.75 Å². The molecule has 0 bridgehead atoms. The first-order valence-corrected chi connectivity index (χ1v) is 8.94. The summed E-state index contributed by atoms with van der Waals surface area (Å²) in [6.45, 7) is 0.454. The van der Waals surface area contributed by atoms with Gasteiger partial charge in [-0.05, 0) is 42.0 Å². The van der Waals surface area contributed by atoms with Gasteiger partial charge in [-0.3, -0.25) is 0 Å². The Balaban J connectivity index is 1.59. The van der Waals surface area contributed by atoms with E-state index in [-0.39, 0.29) is 0 Å². The fourth-order valence-electron chi connectivity index (χ4n) is 2.59. The van der Waals surface area contributed by atoms with Gasteiger partial charge in [0.05, 0.1) is 5.56 Å². The molecule has 0 saturated carbocycles. The van der Waals surface area contributed by atoms with Gasteiger partial charge in [0.2, 0.25) is 5.89 Å². The quantitative estimate of drug-likeness (QED) is 0.423. The van der Waals surface area contributed by atoms with Gasteiger partial charge in [0.15, 0.2) is 0 Å². The zero-order chi connectivity index (χ0) is 17.8. The van der Waals surface area contributed by atoms with E-state index in [1.165, 1.54) is 0 Å². The maximum absolute atomic E-state index is 6.00. The van der Waals surface area contributed by atoms with Gasteiger partial charge in [0, 0.05) is 10.0 Å². The lowest BCUT2D eigenvalue weighted by Crippen LogP contribution is -1.97. The van der Waals surface area contributed by atoms with Gasteiger partial charge >= 0.3 is 0 Å². The van der Waals surface area contributed by atoms with E-state index in [2.05, 4.69) is 26.1 Å². The Morgan fingerprint density at radius 1 is 0.808 bits per heavy atom. The van der Waals surface area contributed by atoms with Crippen LogP contribution in [0.1, 0.15) is 5.56 Å². The number of nitrogens with zero attached hydrogens (tertiary/aromatic N) is 2. The van der Waals surface area contributed by atoms with Crippen LogP contribution in [0.25, 0.3) is 22.9 Å². The summed E-state index contributed by atoms with van der Waals surface area (Å²) >= 11 is 3.48. The lowest BCUT2D eigenvalue weighted by Gasteiger charge is -2.09.